The number of nitrogens with zero attached hydrogens (tertiary/aromatic N) is 2. The molecule has 0 aliphatic rings. The molecule has 1 heterocycles. The molecule has 1 N–H and O–H groups in total. The van der Waals surface area contributed by atoms with Crippen LogP contribution in [0.2, 0.25) is 0 Å². The first-order valence-electron chi connectivity index (χ1n) is 4.86. The number of hydrogen-bond acceptors (Lipinski definition) is 4. The van der Waals surface area contributed by atoms with E-state index in [9.17, 15) is 8.42 Å². The predicted octanol–water partition coefficient (Wildman–Crippen LogP) is 0.655. The van der Waals surface area contributed by atoms with Gasteiger partial charge in [-0.3, -0.25) is 4.68 Å². The van der Waals surface area contributed by atoms with E-state index in [1.807, 2.05) is 13.2 Å². The lowest BCUT2D eigenvalue weighted by Crippen LogP contribution is -2.22. The Morgan fingerprint density at radius 2 is 2.20 bits per heavy atom. The molecule has 0 aliphatic carbocycles. The van der Waals surface area contributed by atoms with E-state index in [2.05, 4.69) is 10.4 Å². The van der Waals surface area contributed by atoms with Crippen molar-refractivity contribution in [3.05, 3.63) is 12.4 Å². The number of aryl methyl sites for hydroxylation is 1. The number of anilines is 1. The topological polar surface area (TPSA) is 64.0 Å². The van der Waals surface area contributed by atoms with Gasteiger partial charge in [0, 0.05) is 19.8 Å². The molecule has 5 nitrogen and oxygen atoms in total. The Kier molecular flexibility index (Phi) is 3.73. The van der Waals surface area contributed by atoms with Crippen molar-refractivity contribution < 1.29 is 8.42 Å². The molecule has 0 saturated carbocycles. The van der Waals surface area contributed by atoms with Crippen LogP contribution in [0.5, 0.6) is 0 Å². The van der Waals surface area contributed by atoms with Crippen LogP contribution in [0.15, 0.2) is 12.4 Å². The van der Waals surface area contributed by atoms with E-state index in [0.717, 1.165) is 5.69 Å². The monoisotopic (exact) mass is 231 g/mol. The highest BCUT2D eigenvalue weighted by Gasteiger charge is 2.15. The maximum atomic E-state index is 11.5. The molecular formula is C9H17N3O2S. The summed E-state index contributed by atoms with van der Waals surface area (Å²) in [6, 6.07) is 0. The summed E-state index contributed by atoms with van der Waals surface area (Å²) in [6.07, 6.45) is 3.48. The lowest BCUT2D eigenvalue weighted by Gasteiger charge is -2.07. The quantitative estimate of drug-likeness (QED) is 0.808. The molecule has 0 spiro atoms. The number of nitrogens with one attached hydrogen (secondary N) is 1. The summed E-state index contributed by atoms with van der Waals surface area (Å²) in [6.45, 7) is 3.81. The van der Waals surface area contributed by atoms with Crippen LogP contribution < -0.4 is 5.32 Å². The Bertz CT molecular complexity index is 409. The first kappa shape index (κ1) is 12.0. The van der Waals surface area contributed by atoms with Crippen LogP contribution in [0.4, 0.5) is 5.69 Å². The second-order valence-corrected chi connectivity index (χ2v) is 6.42. The van der Waals surface area contributed by atoms with Gasteiger partial charge in [-0.15, -0.1) is 0 Å². The third-order valence-corrected chi connectivity index (χ3v) is 4.35. The lowest BCUT2D eigenvalue weighted by atomic mass is 10.5. The van der Waals surface area contributed by atoms with Gasteiger partial charge in [-0.05, 0) is 13.8 Å². The zero-order valence-electron chi connectivity index (χ0n) is 9.27. The van der Waals surface area contributed by atoms with Gasteiger partial charge in [0.15, 0.2) is 9.84 Å². The van der Waals surface area contributed by atoms with Crippen molar-refractivity contribution in [2.24, 2.45) is 7.05 Å². The number of sulfone groups is 1. The number of aromatic nitrogens is 2. The van der Waals surface area contributed by atoms with Crippen LogP contribution in [0.3, 0.4) is 0 Å². The molecule has 0 aliphatic heterocycles. The smallest absolute Gasteiger partial charge is 0.154 e. The van der Waals surface area contributed by atoms with Crippen LogP contribution in [0.25, 0.3) is 0 Å². The van der Waals surface area contributed by atoms with Crippen LogP contribution in [-0.4, -0.2) is 35.7 Å². The third-order valence-electron chi connectivity index (χ3n) is 2.14. The van der Waals surface area contributed by atoms with Gasteiger partial charge in [0.2, 0.25) is 0 Å². The summed E-state index contributed by atoms with van der Waals surface area (Å²) in [5, 5.41) is 6.67. The van der Waals surface area contributed by atoms with E-state index in [4.69, 9.17) is 0 Å². The largest absolute Gasteiger partial charge is 0.381 e. The van der Waals surface area contributed by atoms with Crippen LogP contribution in [0.1, 0.15) is 13.8 Å². The zero-order valence-corrected chi connectivity index (χ0v) is 10.1. The Labute approximate surface area is 90.4 Å². The van der Waals surface area contributed by atoms with Crippen molar-refractivity contribution in [3.8, 4) is 0 Å². The van der Waals surface area contributed by atoms with E-state index in [1.54, 1.807) is 24.7 Å². The van der Waals surface area contributed by atoms with E-state index >= 15 is 0 Å². The molecule has 1 aromatic heterocycles. The molecule has 0 radical (unpaired) electrons. The highest BCUT2D eigenvalue weighted by atomic mass is 32.2. The normalized spacial score (nSPS) is 12.0. The minimum atomic E-state index is -2.95. The van der Waals surface area contributed by atoms with Gasteiger partial charge in [0.1, 0.15) is 0 Å². The molecule has 0 bridgehead atoms. The van der Waals surface area contributed by atoms with Crippen LogP contribution in [-0.2, 0) is 16.9 Å². The Balaban J connectivity index is 2.40. The van der Waals surface area contributed by atoms with Crippen LogP contribution in [0, 0.1) is 0 Å². The molecule has 0 saturated heterocycles. The summed E-state index contributed by atoms with van der Waals surface area (Å²) in [5.41, 5.74) is 0.844. The van der Waals surface area contributed by atoms with Crippen molar-refractivity contribution in [3.63, 3.8) is 0 Å². The molecule has 0 amide bonds. The summed E-state index contributed by atoms with van der Waals surface area (Å²) in [5.74, 6) is 0.152. The molecule has 0 aromatic carbocycles. The average Bonchev–Trinajstić information content (AvgIpc) is 2.51. The summed E-state index contributed by atoms with van der Waals surface area (Å²) >= 11 is 0. The molecule has 1 aromatic rings. The number of hydrogen-bond donors (Lipinski definition) is 1. The van der Waals surface area contributed by atoms with Gasteiger partial charge >= 0.3 is 0 Å². The molecular weight excluding hydrogens is 214 g/mol. The van der Waals surface area contributed by atoms with Crippen molar-refractivity contribution in [2.45, 2.75) is 19.1 Å². The second kappa shape index (κ2) is 4.65. The fraction of sp³-hybridized carbons (Fsp3) is 0.667. The maximum Gasteiger partial charge on any atom is 0.154 e. The molecule has 86 valence electrons. The highest BCUT2D eigenvalue weighted by molar-refractivity contribution is 7.92. The predicted molar refractivity (Wildman–Crippen MR) is 60.6 cm³/mol. The third kappa shape index (κ3) is 3.54. The van der Waals surface area contributed by atoms with E-state index in [0.29, 0.717) is 6.54 Å². The average molecular weight is 231 g/mol. The van der Waals surface area contributed by atoms with Crippen molar-refractivity contribution in [1.29, 1.82) is 0 Å². The first-order valence-corrected chi connectivity index (χ1v) is 6.57. The standard InChI is InChI=1S/C9H17N3O2S/c1-8(2)15(13,14)5-4-10-9-6-11-12(3)7-9/h6-8,10H,4-5H2,1-3H3. The molecule has 0 unspecified atom stereocenters. The fourth-order valence-corrected chi connectivity index (χ4v) is 1.94. The minimum Gasteiger partial charge on any atom is -0.381 e. The Hall–Kier alpha value is -1.04. The van der Waals surface area contributed by atoms with Gasteiger partial charge in [-0.1, -0.05) is 0 Å². The van der Waals surface area contributed by atoms with Crippen LogP contribution >= 0.6 is 0 Å². The minimum absolute atomic E-state index is 0.152. The summed E-state index contributed by atoms with van der Waals surface area (Å²) < 4.78 is 24.6. The van der Waals surface area contributed by atoms with Crippen molar-refractivity contribution >= 4 is 15.5 Å². The molecule has 0 fully saturated rings. The summed E-state index contributed by atoms with van der Waals surface area (Å²) in [4.78, 5) is 0. The Morgan fingerprint density at radius 3 is 2.67 bits per heavy atom. The van der Waals surface area contributed by atoms with E-state index < -0.39 is 9.84 Å². The molecule has 15 heavy (non-hydrogen) atoms. The number of rotatable bonds is 5. The van der Waals surface area contributed by atoms with E-state index in [1.165, 1.54) is 0 Å². The summed E-state index contributed by atoms with van der Waals surface area (Å²) in [7, 11) is -1.14. The second-order valence-electron chi connectivity index (χ2n) is 3.75. The first-order chi connectivity index (χ1) is 6.92. The van der Waals surface area contributed by atoms with Gasteiger partial charge in [-0.2, -0.15) is 5.10 Å². The molecule has 0 atom stereocenters. The molecule has 6 heteroatoms. The van der Waals surface area contributed by atoms with Gasteiger partial charge < -0.3 is 5.32 Å². The van der Waals surface area contributed by atoms with Gasteiger partial charge in [0.25, 0.3) is 0 Å². The van der Waals surface area contributed by atoms with Gasteiger partial charge in [0.05, 0.1) is 22.9 Å². The zero-order chi connectivity index (χ0) is 11.5. The van der Waals surface area contributed by atoms with E-state index in [-0.39, 0.29) is 11.0 Å². The fourth-order valence-electron chi connectivity index (χ4n) is 1.09. The maximum absolute atomic E-state index is 11.5. The van der Waals surface area contributed by atoms with Gasteiger partial charge in [-0.25, -0.2) is 8.42 Å². The SMILES string of the molecule is CC(C)S(=O)(=O)CCNc1cnn(C)c1. The highest BCUT2D eigenvalue weighted by Crippen LogP contribution is 2.04. The molecule has 1 rings (SSSR count). The lowest BCUT2D eigenvalue weighted by molar-refractivity contribution is 0.588. The van der Waals surface area contributed by atoms with Crippen molar-refractivity contribution in [1.82, 2.24) is 9.78 Å². The van der Waals surface area contributed by atoms with Crippen molar-refractivity contribution in [2.75, 3.05) is 17.6 Å². The Morgan fingerprint density at radius 1 is 1.53 bits per heavy atom.